The highest BCUT2D eigenvalue weighted by Crippen LogP contribution is 2.34. The highest BCUT2D eigenvalue weighted by molar-refractivity contribution is 5.42. The summed E-state index contributed by atoms with van der Waals surface area (Å²) < 4.78 is 0. The number of hydrogen-bond acceptors (Lipinski definition) is 4. The van der Waals surface area contributed by atoms with E-state index in [1.807, 2.05) is 19.2 Å². The van der Waals surface area contributed by atoms with Crippen molar-refractivity contribution in [3.63, 3.8) is 0 Å². The largest absolute Gasteiger partial charge is 0.508 e. The predicted molar refractivity (Wildman–Crippen MR) is 76.3 cm³/mol. The van der Waals surface area contributed by atoms with Crippen LogP contribution in [0.2, 0.25) is 0 Å². The summed E-state index contributed by atoms with van der Waals surface area (Å²) in [5.74, 6) is 0.422. The lowest BCUT2D eigenvalue weighted by atomic mass is 9.87. The molecule has 1 unspecified atom stereocenters. The molecule has 2 aromatic rings. The first-order valence-corrected chi connectivity index (χ1v) is 7.21. The van der Waals surface area contributed by atoms with E-state index in [-0.39, 0.29) is 6.04 Å². The summed E-state index contributed by atoms with van der Waals surface area (Å²) >= 11 is 0. The van der Waals surface area contributed by atoms with E-state index >= 15 is 0 Å². The van der Waals surface area contributed by atoms with Crippen LogP contribution in [0, 0.1) is 0 Å². The van der Waals surface area contributed by atoms with Gasteiger partial charge in [0.2, 0.25) is 0 Å². The lowest BCUT2D eigenvalue weighted by Gasteiger charge is -2.26. The minimum atomic E-state index is 0.289. The topological polar surface area (TPSA) is 63.0 Å². The maximum absolute atomic E-state index is 9.94. The molecule has 0 fully saturated rings. The Morgan fingerprint density at radius 2 is 2.35 bits per heavy atom. The highest BCUT2D eigenvalue weighted by atomic mass is 16.3. The van der Waals surface area contributed by atoms with Crippen LogP contribution < -0.4 is 5.32 Å². The fourth-order valence-corrected chi connectivity index (χ4v) is 2.84. The lowest BCUT2D eigenvalue weighted by molar-refractivity contribution is 0.427. The second-order valence-electron chi connectivity index (χ2n) is 5.20. The van der Waals surface area contributed by atoms with Gasteiger partial charge >= 0.3 is 0 Å². The zero-order valence-electron chi connectivity index (χ0n) is 11.7. The minimum Gasteiger partial charge on any atom is -0.508 e. The fraction of sp³-hybridized carbons (Fsp3) is 0.467. The molecule has 20 heavy (non-hydrogen) atoms. The van der Waals surface area contributed by atoms with Crippen LogP contribution in [0.3, 0.4) is 0 Å². The third kappa shape index (κ3) is 2.54. The quantitative estimate of drug-likeness (QED) is 0.895. The molecule has 0 amide bonds. The zero-order chi connectivity index (χ0) is 13.9. The average molecular weight is 272 g/mol. The van der Waals surface area contributed by atoms with E-state index in [0.717, 1.165) is 37.1 Å². The number of benzene rings is 1. The number of fused-ring (bicyclic) bond motifs is 1. The van der Waals surface area contributed by atoms with Gasteiger partial charge in [-0.1, -0.05) is 12.1 Å². The Morgan fingerprint density at radius 3 is 3.15 bits per heavy atom. The molecule has 0 saturated carbocycles. The summed E-state index contributed by atoms with van der Waals surface area (Å²) in [6, 6.07) is 6.09. The molecule has 1 aliphatic carbocycles. The van der Waals surface area contributed by atoms with Crippen molar-refractivity contribution in [3.8, 4) is 5.75 Å². The van der Waals surface area contributed by atoms with Gasteiger partial charge in [0.25, 0.3) is 0 Å². The smallest absolute Gasteiger partial charge is 0.119 e. The Kier molecular flexibility index (Phi) is 3.69. The third-order valence-electron chi connectivity index (χ3n) is 3.88. The molecule has 3 rings (SSSR count). The molecular weight excluding hydrogens is 252 g/mol. The van der Waals surface area contributed by atoms with Crippen molar-refractivity contribution >= 4 is 0 Å². The molecule has 5 nitrogen and oxygen atoms in total. The number of aromatic hydroxyl groups is 1. The number of rotatable bonds is 4. The van der Waals surface area contributed by atoms with E-state index in [9.17, 15) is 5.11 Å². The van der Waals surface area contributed by atoms with E-state index in [4.69, 9.17) is 0 Å². The van der Waals surface area contributed by atoms with E-state index in [1.165, 1.54) is 5.56 Å². The van der Waals surface area contributed by atoms with Gasteiger partial charge in [-0.3, -0.25) is 0 Å². The molecule has 0 aliphatic heterocycles. The van der Waals surface area contributed by atoms with Crippen molar-refractivity contribution in [2.75, 3.05) is 0 Å². The number of hydrogen-bond donors (Lipinski definition) is 2. The number of phenolic OH excluding ortho intramolecular Hbond substituents is 1. The zero-order valence-corrected chi connectivity index (χ0v) is 11.7. The molecule has 0 spiro atoms. The van der Waals surface area contributed by atoms with Crippen molar-refractivity contribution in [2.24, 2.45) is 0 Å². The Labute approximate surface area is 118 Å². The molecule has 1 atom stereocenters. The van der Waals surface area contributed by atoms with Crippen molar-refractivity contribution in [2.45, 2.75) is 45.3 Å². The normalized spacial score (nSPS) is 17.9. The van der Waals surface area contributed by atoms with Crippen LogP contribution >= 0.6 is 0 Å². The molecule has 106 valence electrons. The second-order valence-corrected chi connectivity index (χ2v) is 5.20. The van der Waals surface area contributed by atoms with Gasteiger partial charge in [0, 0.05) is 12.6 Å². The number of nitrogens with one attached hydrogen (secondary N) is 1. The monoisotopic (exact) mass is 272 g/mol. The van der Waals surface area contributed by atoms with Crippen molar-refractivity contribution < 1.29 is 5.11 Å². The maximum atomic E-state index is 9.94. The molecule has 2 N–H and O–H groups in total. The molecule has 1 aromatic heterocycles. The van der Waals surface area contributed by atoms with Gasteiger partial charge in [0.15, 0.2) is 0 Å². The van der Waals surface area contributed by atoms with Gasteiger partial charge in [0.1, 0.15) is 5.75 Å². The van der Waals surface area contributed by atoms with Crippen molar-refractivity contribution in [1.82, 2.24) is 20.3 Å². The average Bonchev–Trinajstić information content (AvgIpc) is 2.94. The van der Waals surface area contributed by atoms with E-state index in [1.54, 1.807) is 10.9 Å². The molecule has 5 heteroatoms. The lowest BCUT2D eigenvalue weighted by Crippen LogP contribution is -2.25. The van der Waals surface area contributed by atoms with Crippen LogP contribution in [-0.4, -0.2) is 20.1 Å². The van der Waals surface area contributed by atoms with Crippen LogP contribution in [0.15, 0.2) is 24.4 Å². The molecule has 1 heterocycles. The van der Waals surface area contributed by atoms with Crippen LogP contribution in [0.5, 0.6) is 5.75 Å². The van der Waals surface area contributed by atoms with E-state index < -0.39 is 0 Å². The summed E-state index contributed by atoms with van der Waals surface area (Å²) in [5.41, 5.74) is 3.27. The van der Waals surface area contributed by atoms with Crippen LogP contribution in [0.1, 0.15) is 42.6 Å². The third-order valence-corrected chi connectivity index (χ3v) is 3.88. The van der Waals surface area contributed by atoms with Crippen LogP contribution in [0.25, 0.3) is 0 Å². The van der Waals surface area contributed by atoms with Gasteiger partial charge in [0.05, 0.1) is 18.4 Å². The molecule has 1 aliphatic rings. The maximum Gasteiger partial charge on any atom is 0.119 e. The second kappa shape index (κ2) is 5.63. The predicted octanol–water partition coefficient (Wildman–Crippen LogP) is 2.17. The summed E-state index contributed by atoms with van der Waals surface area (Å²) in [6.45, 7) is 3.53. The summed E-state index contributed by atoms with van der Waals surface area (Å²) in [6.07, 6.45) is 4.97. The standard InChI is InChI=1S/C15H20N4O/c1-2-19-17-10-11(18-19)9-16-14-7-3-6-13-12(14)5-4-8-15(13)20/h4-5,8,10,14,16,20H,2-3,6-7,9H2,1H3. The summed E-state index contributed by atoms with van der Waals surface area (Å²) in [5, 5.41) is 22.0. The number of aromatic nitrogens is 3. The Morgan fingerprint density at radius 1 is 1.45 bits per heavy atom. The van der Waals surface area contributed by atoms with E-state index in [2.05, 4.69) is 21.6 Å². The molecule has 1 aromatic carbocycles. The van der Waals surface area contributed by atoms with Crippen LogP contribution in [0.4, 0.5) is 0 Å². The van der Waals surface area contributed by atoms with Crippen LogP contribution in [-0.2, 0) is 19.5 Å². The SMILES string of the molecule is CCn1ncc(CNC2CCCc3c(O)cccc32)n1. The Hall–Kier alpha value is -1.88. The van der Waals surface area contributed by atoms with Gasteiger partial charge in [-0.25, -0.2) is 0 Å². The minimum absolute atomic E-state index is 0.289. The first-order valence-electron chi connectivity index (χ1n) is 7.21. The molecule has 0 saturated heterocycles. The molecule has 0 bridgehead atoms. The number of nitrogens with zero attached hydrogens (tertiary/aromatic N) is 3. The van der Waals surface area contributed by atoms with Crippen molar-refractivity contribution in [3.05, 3.63) is 41.2 Å². The number of aryl methyl sites for hydroxylation is 1. The van der Waals surface area contributed by atoms with Gasteiger partial charge in [-0.15, -0.1) is 0 Å². The van der Waals surface area contributed by atoms with Gasteiger partial charge < -0.3 is 10.4 Å². The van der Waals surface area contributed by atoms with E-state index in [0.29, 0.717) is 12.3 Å². The number of phenols is 1. The Bertz CT molecular complexity index is 593. The highest BCUT2D eigenvalue weighted by Gasteiger charge is 2.21. The first kappa shape index (κ1) is 13.1. The Balaban J connectivity index is 1.71. The fourth-order valence-electron chi connectivity index (χ4n) is 2.84. The van der Waals surface area contributed by atoms with Gasteiger partial charge in [-0.05, 0) is 43.4 Å². The molecule has 0 radical (unpaired) electrons. The van der Waals surface area contributed by atoms with Gasteiger partial charge in [-0.2, -0.15) is 15.0 Å². The van der Waals surface area contributed by atoms with Crippen molar-refractivity contribution in [1.29, 1.82) is 0 Å². The first-order chi connectivity index (χ1) is 9.78. The summed E-state index contributed by atoms with van der Waals surface area (Å²) in [7, 11) is 0. The molecular formula is C15H20N4O. The summed E-state index contributed by atoms with van der Waals surface area (Å²) in [4.78, 5) is 1.69.